The predicted octanol–water partition coefficient (Wildman–Crippen LogP) is 1.28. The molecule has 0 heterocycles. The zero-order valence-corrected chi connectivity index (χ0v) is 17.0. The third kappa shape index (κ3) is 2.82. The standard InChI is InChI=1S/C23H22O8/c1-10(24)9-23(22(30)31-2)14-8-13-18(20(28)11(14)6-7-16(23)26)21(29)17-12(19(13)27)4-3-5-15(17)25/h3-5,8,16,18,20,25-26,28H,6-7,9H2,1-2H3/t16-,18?,20?,23?/m0/s1. The van der Waals surface area contributed by atoms with Gasteiger partial charge in [-0.05, 0) is 43.1 Å². The largest absolute Gasteiger partial charge is 0.507 e. The highest BCUT2D eigenvalue weighted by molar-refractivity contribution is 6.25. The molecule has 8 nitrogen and oxygen atoms in total. The zero-order valence-electron chi connectivity index (χ0n) is 17.0. The number of phenols is 1. The Labute approximate surface area is 177 Å². The molecule has 4 rings (SSSR count). The van der Waals surface area contributed by atoms with E-state index in [1.165, 1.54) is 31.2 Å². The lowest BCUT2D eigenvalue weighted by atomic mass is 9.59. The molecular formula is C23H22O8. The summed E-state index contributed by atoms with van der Waals surface area (Å²) in [6, 6.07) is 4.13. The average Bonchev–Trinajstić information content (AvgIpc) is 2.72. The lowest BCUT2D eigenvalue weighted by Gasteiger charge is -2.45. The molecule has 3 aliphatic rings. The monoisotopic (exact) mass is 426 g/mol. The minimum absolute atomic E-state index is 0.00431. The summed E-state index contributed by atoms with van der Waals surface area (Å²) in [5.41, 5.74) is -1.51. The predicted molar refractivity (Wildman–Crippen MR) is 106 cm³/mol. The van der Waals surface area contributed by atoms with E-state index < -0.39 is 41.1 Å². The van der Waals surface area contributed by atoms with Crippen molar-refractivity contribution in [3.05, 3.63) is 52.1 Å². The number of aliphatic hydroxyl groups excluding tert-OH is 2. The first-order chi connectivity index (χ1) is 14.6. The number of esters is 1. The first-order valence-corrected chi connectivity index (χ1v) is 9.95. The Morgan fingerprint density at radius 2 is 1.94 bits per heavy atom. The van der Waals surface area contributed by atoms with Gasteiger partial charge in [-0.25, -0.2) is 0 Å². The average molecular weight is 426 g/mol. The van der Waals surface area contributed by atoms with Crippen molar-refractivity contribution >= 4 is 23.3 Å². The number of hydrogen-bond acceptors (Lipinski definition) is 8. The van der Waals surface area contributed by atoms with Crippen molar-refractivity contribution in [2.75, 3.05) is 7.11 Å². The molecule has 3 N–H and O–H groups in total. The third-order valence-electron chi connectivity index (χ3n) is 6.55. The Hall–Kier alpha value is -3.10. The molecule has 1 aromatic carbocycles. The van der Waals surface area contributed by atoms with E-state index in [4.69, 9.17) is 4.74 Å². The van der Waals surface area contributed by atoms with Crippen molar-refractivity contribution in [1.82, 2.24) is 0 Å². The molecule has 3 unspecified atom stereocenters. The molecule has 1 aromatic rings. The van der Waals surface area contributed by atoms with Crippen molar-refractivity contribution < 1.29 is 39.2 Å². The van der Waals surface area contributed by atoms with E-state index in [1.54, 1.807) is 0 Å². The van der Waals surface area contributed by atoms with E-state index in [0.717, 1.165) is 7.11 Å². The van der Waals surface area contributed by atoms with Gasteiger partial charge in [0.05, 0.1) is 30.8 Å². The number of Topliss-reactive ketones (excluding diaryl/α,β-unsaturated/α-hetero) is 3. The Morgan fingerprint density at radius 1 is 1.23 bits per heavy atom. The van der Waals surface area contributed by atoms with E-state index >= 15 is 0 Å². The summed E-state index contributed by atoms with van der Waals surface area (Å²) in [6.07, 6.45) is -1.50. The van der Waals surface area contributed by atoms with Gasteiger partial charge in [-0.2, -0.15) is 0 Å². The van der Waals surface area contributed by atoms with Gasteiger partial charge in [0.2, 0.25) is 0 Å². The Bertz CT molecular complexity index is 1090. The summed E-state index contributed by atoms with van der Waals surface area (Å²) in [6.45, 7) is 1.27. The van der Waals surface area contributed by atoms with Crippen LogP contribution in [0.4, 0.5) is 0 Å². The normalized spacial score (nSPS) is 29.5. The molecule has 0 radical (unpaired) electrons. The molecule has 31 heavy (non-hydrogen) atoms. The minimum atomic E-state index is -1.78. The fraction of sp³-hybridized carbons (Fsp3) is 0.391. The maximum absolute atomic E-state index is 13.2. The van der Waals surface area contributed by atoms with Crippen LogP contribution in [0.25, 0.3) is 0 Å². The van der Waals surface area contributed by atoms with Crippen molar-refractivity contribution in [2.45, 2.75) is 38.4 Å². The number of benzene rings is 1. The molecule has 0 aromatic heterocycles. The quantitative estimate of drug-likeness (QED) is 0.615. The number of aromatic hydroxyl groups is 1. The molecule has 3 aliphatic carbocycles. The first-order valence-electron chi connectivity index (χ1n) is 9.95. The van der Waals surface area contributed by atoms with Crippen molar-refractivity contribution in [2.24, 2.45) is 11.3 Å². The van der Waals surface area contributed by atoms with E-state index in [0.29, 0.717) is 5.57 Å². The van der Waals surface area contributed by atoms with Gasteiger partial charge >= 0.3 is 5.97 Å². The van der Waals surface area contributed by atoms with Crippen LogP contribution in [0.3, 0.4) is 0 Å². The number of hydrogen-bond donors (Lipinski definition) is 3. The number of ketones is 3. The van der Waals surface area contributed by atoms with Gasteiger partial charge < -0.3 is 20.1 Å². The lowest BCUT2D eigenvalue weighted by molar-refractivity contribution is -0.160. The van der Waals surface area contributed by atoms with Crippen LogP contribution in [0.15, 0.2) is 41.0 Å². The number of ether oxygens (including phenoxy) is 1. The summed E-state index contributed by atoms with van der Waals surface area (Å²) in [5.74, 6) is -3.98. The number of rotatable bonds is 3. The van der Waals surface area contributed by atoms with Crippen LogP contribution in [0.1, 0.15) is 46.9 Å². The van der Waals surface area contributed by atoms with Crippen molar-refractivity contribution in [3.8, 4) is 5.75 Å². The smallest absolute Gasteiger partial charge is 0.319 e. The molecule has 0 aliphatic heterocycles. The van der Waals surface area contributed by atoms with Gasteiger partial charge in [0.1, 0.15) is 16.9 Å². The van der Waals surface area contributed by atoms with Gasteiger partial charge in [0.15, 0.2) is 11.6 Å². The first kappa shape index (κ1) is 21.1. The van der Waals surface area contributed by atoms with Crippen LogP contribution >= 0.6 is 0 Å². The molecule has 0 saturated carbocycles. The van der Waals surface area contributed by atoms with Crippen LogP contribution in [0, 0.1) is 11.3 Å². The number of methoxy groups -OCH3 is 1. The second kappa shape index (κ2) is 7.25. The Morgan fingerprint density at radius 3 is 2.58 bits per heavy atom. The fourth-order valence-corrected chi connectivity index (χ4v) is 5.18. The van der Waals surface area contributed by atoms with E-state index in [2.05, 4.69) is 0 Å². The minimum Gasteiger partial charge on any atom is -0.507 e. The Balaban J connectivity index is 1.97. The number of allylic oxidation sites excluding steroid dienone is 1. The maximum atomic E-state index is 13.2. The van der Waals surface area contributed by atoms with E-state index in [9.17, 15) is 34.5 Å². The van der Waals surface area contributed by atoms with Crippen LogP contribution < -0.4 is 0 Å². The summed E-state index contributed by atoms with van der Waals surface area (Å²) in [5, 5.41) is 32.1. The van der Waals surface area contributed by atoms with Gasteiger partial charge in [-0.1, -0.05) is 12.1 Å². The highest BCUT2D eigenvalue weighted by atomic mass is 16.5. The number of phenolic OH excluding ortho intramolecular Hbond substituents is 1. The molecule has 0 saturated heterocycles. The van der Waals surface area contributed by atoms with Crippen LogP contribution in [-0.2, 0) is 14.3 Å². The van der Waals surface area contributed by atoms with Crippen molar-refractivity contribution in [1.29, 1.82) is 0 Å². The third-order valence-corrected chi connectivity index (χ3v) is 6.55. The number of carbonyl (C=O) groups is 4. The second-order valence-electron chi connectivity index (χ2n) is 8.25. The van der Waals surface area contributed by atoms with Crippen LogP contribution in [0.2, 0.25) is 0 Å². The van der Waals surface area contributed by atoms with Gasteiger partial charge in [0, 0.05) is 17.6 Å². The van der Waals surface area contributed by atoms with Gasteiger partial charge in [-0.15, -0.1) is 0 Å². The highest BCUT2D eigenvalue weighted by Crippen LogP contribution is 2.52. The number of fused-ring (bicyclic) bond motifs is 2. The zero-order chi connectivity index (χ0) is 22.7. The Kier molecular flexibility index (Phi) is 4.94. The second-order valence-corrected chi connectivity index (χ2v) is 8.25. The molecule has 0 bridgehead atoms. The fourth-order valence-electron chi connectivity index (χ4n) is 5.18. The molecule has 4 atom stereocenters. The summed E-state index contributed by atoms with van der Waals surface area (Å²) in [4.78, 5) is 51.3. The summed E-state index contributed by atoms with van der Waals surface area (Å²) >= 11 is 0. The lowest BCUT2D eigenvalue weighted by Crippen LogP contribution is -2.52. The molecule has 0 fully saturated rings. The van der Waals surface area contributed by atoms with Gasteiger partial charge in [-0.3, -0.25) is 19.2 Å². The maximum Gasteiger partial charge on any atom is 0.319 e. The topological polar surface area (TPSA) is 138 Å². The number of aliphatic hydroxyl groups is 2. The van der Waals surface area contributed by atoms with Crippen LogP contribution in [-0.4, -0.2) is 58.0 Å². The molecule has 162 valence electrons. The summed E-state index contributed by atoms with van der Waals surface area (Å²) < 4.78 is 4.92. The molecule has 0 amide bonds. The number of carbonyl (C=O) groups excluding carboxylic acids is 4. The van der Waals surface area contributed by atoms with Crippen molar-refractivity contribution in [3.63, 3.8) is 0 Å². The highest BCUT2D eigenvalue weighted by Gasteiger charge is 2.57. The molecular weight excluding hydrogens is 404 g/mol. The van der Waals surface area contributed by atoms with Gasteiger partial charge in [0.25, 0.3) is 0 Å². The molecule has 8 heteroatoms. The molecule has 0 spiro atoms. The summed E-state index contributed by atoms with van der Waals surface area (Å²) in [7, 11) is 1.13. The SMILES string of the molecule is COC(=O)C1(CC(C)=O)C2=C(CC[C@@H]1O)C(O)C1C(=O)c3c(O)cccc3C(=O)C1=C2. The van der Waals surface area contributed by atoms with E-state index in [-0.39, 0.29) is 53.1 Å². The van der Waals surface area contributed by atoms with Crippen LogP contribution in [0.5, 0.6) is 5.75 Å². The van der Waals surface area contributed by atoms with E-state index in [1.807, 2.05) is 0 Å².